The van der Waals surface area contributed by atoms with Gasteiger partial charge in [0, 0.05) is 24.8 Å². The van der Waals surface area contributed by atoms with Gasteiger partial charge in [0.05, 0.1) is 0 Å². The molecule has 1 fully saturated rings. The molecule has 1 aromatic carbocycles. The zero-order valence-corrected chi connectivity index (χ0v) is 9.45. The van der Waals surface area contributed by atoms with Gasteiger partial charge in [-0.2, -0.15) is 0 Å². The lowest BCUT2D eigenvalue weighted by Gasteiger charge is -2.26. The van der Waals surface area contributed by atoms with E-state index < -0.39 is 0 Å². The summed E-state index contributed by atoms with van der Waals surface area (Å²) >= 11 is 0. The molecule has 0 bridgehead atoms. The molecule has 1 unspecified atom stereocenters. The van der Waals surface area contributed by atoms with Crippen molar-refractivity contribution in [2.24, 2.45) is 0 Å². The molecule has 0 spiro atoms. The Bertz CT molecular complexity index is 278. The maximum absolute atomic E-state index is 3.55. The van der Waals surface area contributed by atoms with Gasteiger partial charge >= 0.3 is 0 Å². The topological polar surface area (TPSA) is 15.3 Å². The van der Waals surface area contributed by atoms with Crippen molar-refractivity contribution >= 4 is 5.69 Å². The van der Waals surface area contributed by atoms with Crippen molar-refractivity contribution in [3.8, 4) is 0 Å². The first-order chi connectivity index (χ1) is 7.40. The first-order valence-corrected chi connectivity index (χ1v) is 5.93. The zero-order valence-electron chi connectivity index (χ0n) is 9.45. The molecule has 82 valence electrons. The standard InChI is InChI=1S/C13H20N2/c1-2-15(11-12-7-6-10-14-12)13-8-4-3-5-9-13/h3-5,8-9,12,14H,2,6-7,10-11H2,1H3. The molecule has 1 N–H and O–H groups in total. The van der Waals surface area contributed by atoms with E-state index in [-0.39, 0.29) is 0 Å². The number of hydrogen-bond acceptors (Lipinski definition) is 2. The van der Waals surface area contributed by atoms with Crippen LogP contribution in [-0.2, 0) is 0 Å². The Morgan fingerprint density at radius 1 is 1.33 bits per heavy atom. The molecule has 1 aliphatic heterocycles. The van der Waals surface area contributed by atoms with E-state index in [1.807, 2.05) is 0 Å². The third-order valence-electron chi connectivity index (χ3n) is 3.11. The Morgan fingerprint density at radius 2 is 2.13 bits per heavy atom. The highest BCUT2D eigenvalue weighted by molar-refractivity contribution is 5.45. The molecule has 0 amide bonds. The van der Waals surface area contributed by atoms with Crippen molar-refractivity contribution in [3.63, 3.8) is 0 Å². The predicted octanol–water partition coefficient (Wildman–Crippen LogP) is 2.26. The minimum Gasteiger partial charge on any atom is -0.370 e. The van der Waals surface area contributed by atoms with Crippen LogP contribution in [0.2, 0.25) is 0 Å². The largest absolute Gasteiger partial charge is 0.370 e. The van der Waals surface area contributed by atoms with Crippen molar-refractivity contribution in [2.75, 3.05) is 24.5 Å². The predicted molar refractivity (Wildman–Crippen MR) is 65.4 cm³/mol. The maximum atomic E-state index is 3.55. The average molecular weight is 204 g/mol. The van der Waals surface area contributed by atoms with Crippen LogP contribution in [0.5, 0.6) is 0 Å². The first kappa shape index (κ1) is 10.5. The second kappa shape index (κ2) is 5.17. The van der Waals surface area contributed by atoms with Crippen LogP contribution in [0.15, 0.2) is 30.3 Å². The van der Waals surface area contributed by atoms with E-state index in [4.69, 9.17) is 0 Å². The van der Waals surface area contributed by atoms with Gasteiger partial charge < -0.3 is 10.2 Å². The molecular weight excluding hydrogens is 184 g/mol. The minimum atomic E-state index is 0.685. The third kappa shape index (κ3) is 2.72. The van der Waals surface area contributed by atoms with E-state index in [9.17, 15) is 0 Å². The fourth-order valence-corrected chi connectivity index (χ4v) is 2.23. The summed E-state index contributed by atoms with van der Waals surface area (Å²) in [6, 6.07) is 11.4. The Hall–Kier alpha value is -1.02. The molecule has 0 aromatic heterocycles. The molecular formula is C13H20N2. The minimum absolute atomic E-state index is 0.685. The summed E-state index contributed by atoms with van der Waals surface area (Å²) in [6.45, 7) is 5.64. The highest BCUT2D eigenvalue weighted by atomic mass is 15.2. The van der Waals surface area contributed by atoms with E-state index in [1.165, 1.54) is 25.1 Å². The van der Waals surface area contributed by atoms with E-state index in [0.29, 0.717) is 6.04 Å². The second-order valence-electron chi connectivity index (χ2n) is 4.17. The summed E-state index contributed by atoms with van der Waals surface area (Å²) in [5, 5.41) is 3.55. The van der Waals surface area contributed by atoms with Crippen LogP contribution in [0.1, 0.15) is 19.8 Å². The number of nitrogens with zero attached hydrogens (tertiary/aromatic N) is 1. The Morgan fingerprint density at radius 3 is 2.73 bits per heavy atom. The SMILES string of the molecule is CCN(CC1CCCN1)c1ccccc1. The lowest BCUT2D eigenvalue weighted by molar-refractivity contribution is 0.587. The van der Waals surface area contributed by atoms with Gasteiger partial charge in [-0.05, 0) is 38.4 Å². The van der Waals surface area contributed by atoms with Crippen LogP contribution < -0.4 is 10.2 Å². The molecule has 0 saturated carbocycles. The van der Waals surface area contributed by atoms with Gasteiger partial charge in [0.2, 0.25) is 0 Å². The van der Waals surface area contributed by atoms with Gasteiger partial charge in [0.25, 0.3) is 0 Å². The van der Waals surface area contributed by atoms with Crippen LogP contribution >= 0.6 is 0 Å². The summed E-state index contributed by atoms with van der Waals surface area (Å²) in [4.78, 5) is 2.45. The smallest absolute Gasteiger partial charge is 0.0366 e. The molecule has 15 heavy (non-hydrogen) atoms. The number of rotatable bonds is 4. The number of para-hydroxylation sites is 1. The maximum Gasteiger partial charge on any atom is 0.0366 e. The monoisotopic (exact) mass is 204 g/mol. The number of hydrogen-bond donors (Lipinski definition) is 1. The van der Waals surface area contributed by atoms with Crippen LogP contribution in [0.3, 0.4) is 0 Å². The fraction of sp³-hybridized carbons (Fsp3) is 0.538. The lowest BCUT2D eigenvalue weighted by atomic mass is 10.2. The van der Waals surface area contributed by atoms with Crippen LogP contribution in [-0.4, -0.2) is 25.7 Å². The highest BCUT2D eigenvalue weighted by Crippen LogP contribution is 2.15. The van der Waals surface area contributed by atoms with Gasteiger partial charge in [0.1, 0.15) is 0 Å². The van der Waals surface area contributed by atoms with Crippen molar-refractivity contribution < 1.29 is 0 Å². The summed E-state index contributed by atoms with van der Waals surface area (Å²) < 4.78 is 0. The molecule has 1 heterocycles. The zero-order chi connectivity index (χ0) is 10.5. The quantitative estimate of drug-likeness (QED) is 0.809. The number of benzene rings is 1. The molecule has 1 atom stereocenters. The first-order valence-electron chi connectivity index (χ1n) is 5.93. The van der Waals surface area contributed by atoms with Crippen molar-refractivity contribution in [2.45, 2.75) is 25.8 Å². The molecule has 0 aliphatic carbocycles. The van der Waals surface area contributed by atoms with E-state index in [1.54, 1.807) is 0 Å². The van der Waals surface area contributed by atoms with Gasteiger partial charge in [-0.1, -0.05) is 18.2 Å². The molecule has 2 heteroatoms. The second-order valence-corrected chi connectivity index (χ2v) is 4.17. The van der Waals surface area contributed by atoms with Crippen molar-refractivity contribution in [3.05, 3.63) is 30.3 Å². The number of anilines is 1. The summed E-state index contributed by atoms with van der Waals surface area (Å²) in [5.41, 5.74) is 1.34. The summed E-state index contributed by atoms with van der Waals surface area (Å²) in [6.07, 6.45) is 2.65. The normalized spacial score (nSPS) is 20.5. The Balaban J connectivity index is 1.97. The number of likely N-dealkylation sites (N-methyl/N-ethyl adjacent to an activating group) is 1. The molecule has 2 nitrogen and oxygen atoms in total. The van der Waals surface area contributed by atoms with E-state index in [2.05, 4.69) is 47.5 Å². The summed E-state index contributed by atoms with van der Waals surface area (Å²) in [7, 11) is 0. The molecule has 1 aliphatic rings. The van der Waals surface area contributed by atoms with Gasteiger partial charge in [-0.15, -0.1) is 0 Å². The van der Waals surface area contributed by atoms with Crippen molar-refractivity contribution in [1.82, 2.24) is 5.32 Å². The molecule has 0 radical (unpaired) electrons. The third-order valence-corrected chi connectivity index (χ3v) is 3.11. The lowest BCUT2D eigenvalue weighted by Crippen LogP contribution is -2.37. The Labute approximate surface area is 92.3 Å². The summed E-state index contributed by atoms with van der Waals surface area (Å²) in [5.74, 6) is 0. The van der Waals surface area contributed by atoms with Crippen molar-refractivity contribution in [1.29, 1.82) is 0 Å². The molecule has 1 aromatic rings. The molecule has 2 rings (SSSR count). The van der Waals surface area contributed by atoms with Gasteiger partial charge in [-0.3, -0.25) is 0 Å². The van der Waals surface area contributed by atoms with E-state index in [0.717, 1.165) is 13.1 Å². The van der Waals surface area contributed by atoms with Crippen LogP contribution in [0.4, 0.5) is 5.69 Å². The fourth-order valence-electron chi connectivity index (χ4n) is 2.23. The van der Waals surface area contributed by atoms with E-state index >= 15 is 0 Å². The van der Waals surface area contributed by atoms with Crippen LogP contribution in [0.25, 0.3) is 0 Å². The Kier molecular flexibility index (Phi) is 3.62. The average Bonchev–Trinajstić information content (AvgIpc) is 2.80. The number of nitrogens with one attached hydrogen (secondary N) is 1. The molecule has 1 saturated heterocycles. The van der Waals surface area contributed by atoms with Crippen LogP contribution in [0, 0.1) is 0 Å². The highest BCUT2D eigenvalue weighted by Gasteiger charge is 2.16. The van der Waals surface area contributed by atoms with Gasteiger partial charge in [0.15, 0.2) is 0 Å². The van der Waals surface area contributed by atoms with Gasteiger partial charge in [-0.25, -0.2) is 0 Å².